The van der Waals surface area contributed by atoms with Crippen molar-refractivity contribution in [3.05, 3.63) is 29.8 Å². The number of aliphatic carboxylic acids is 1. The van der Waals surface area contributed by atoms with Crippen molar-refractivity contribution in [2.45, 2.75) is 6.54 Å². The molecule has 0 aromatic heterocycles. The Morgan fingerprint density at radius 3 is 2.47 bits per heavy atom. The average Bonchev–Trinajstić information content (AvgIpc) is 2.08. The van der Waals surface area contributed by atoms with Crippen LogP contribution in [0.3, 0.4) is 0 Å². The largest absolute Gasteiger partial charge is 2.00 e. The molecule has 1 aromatic rings. The van der Waals surface area contributed by atoms with Crippen molar-refractivity contribution < 1.29 is 37.6 Å². The summed E-state index contributed by atoms with van der Waals surface area (Å²) >= 11 is 0. The first-order valence-electron chi connectivity index (χ1n) is 3.85. The van der Waals surface area contributed by atoms with E-state index in [1.165, 1.54) is 6.07 Å². The van der Waals surface area contributed by atoms with Crippen LogP contribution in [-0.4, -0.2) is 18.0 Å². The van der Waals surface area contributed by atoms with Crippen molar-refractivity contribution in [1.29, 1.82) is 0 Å². The normalized spacial score (nSPS) is 8.53. The van der Waals surface area contributed by atoms with Gasteiger partial charge in [-0.15, -0.1) is 5.75 Å². The molecule has 15 heavy (non-hydrogen) atoms. The number of carbonyl (C=O) groups is 1. The van der Waals surface area contributed by atoms with Gasteiger partial charge in [0.15, 0.2) is 0 Å². The number of para-hydroxylation sites is 1. The van der Waals surface area contributed by atoms with Crippen molar-refractivity contribution in [3.63, 3.8) is 0 Å². The summed E-state index contributed by atoms with van der Waals surface area (Å²) < 4.78 is 0. The first-order chi connectivity index (χ1) is 6.20. The molecule has 0 saturated heterocycles. The predicted molar refractivity (Wildman–Crippen MR) is 46.2 cm³/mol. The predicted octanol–water partition coefficient (Wildman–Crippen LogP) is -2.23. The van der Waals surface area contributed by atoms with E-state index in [1.54, 1.807) is 18.2 Å². The minimum Gasteiger partial charge on any atom is -0.872 e. The van der Waals surface area contributed by atoms with Gasteiger partial charge in [0.1, 0.15) is 0 Å². The van der Waals surface area contributed by atoms with E-state index in [0.29, 0.717) is 5.56 Å². The van der Waals surface area contributed by atoms with Crippen LogP contribution >= 0.6 is 0 Å². The van der Waals surface area contributed by atoms with Crippen molar-refractivity contribution in [2.24, 2.45) is 0 Å². The number of rotatable bonds is 4. The summed E-state index contributed by atoms with van der Waals surface area (Å²) in [6.45, 7) is 0.0159. The van der Waals surface area contributed by atoms with Crippen LogP contribution in [0, 0.1) is 0 Å². The van der Waals surface area contributed by atoms with E-state index in [4.69, 9.17) is 0 Å². The van der Waals surface area contributed by atoms with E-state index in [1.807, 2.05) is 0 Å². The van der Waals surface area contributed by atoms with Crippen LogP contribution in [0.4, 0.5) is 0 Å². The summed E-state index contributed by atoms with van der Waals surface area (Å²) in [6.07, 6.45) is 0. The van der Waals surface area contributed by atoms with Gasteiger partial charge >= 0.3 is 17.1 Å². The topological polar surface area (TPSA) is 107 Å². The van der Waals surface area contributed by atoms with Crippen LogP contribution in [0.5, 0.6) is 5.75 Å². The van der Waals surface area contributed by atoms with E-state index >= 15 is 0 Å². The van der Waals surface area contributed by atoms with Crippen LogP contribution in [0.15, 0.2) is 24.3 Å². The average molecular weight is 261 g/mol. The number of nitrogens with one attached hydrogen (secondary N) is 1. The fourth-order valence-corrected chi connectivity index (χ4v) is 0.949. The van der Waals surface area contributed by atoms with Gasteiger partial charge in [0, 0.05) is 13.1 Å². The maximum absolute atomic E-state index is 11.1. The summed E-state index contributed by atoms with van der Waals surface area (Å²) in [5, 5.41) is 23.7. The molecule has 0 spiro atoms. The summed E-state index contributed by atoms with van der Waals surface area (Å²) in [6, 6.07) is 6.47. The summed E-state index contributed by atoms with van der Waals surface area (Å²) in [5.41, 5.74) is 0.559. The van der Waals surface area contributed by atoms with Gasteiger partial charge in [-0.25, -0.2) is 0 Å². The zero-order valence-electron chi connectivity index (χ0n) is 7.75. The van der Waals surface area contributed by atoms with Gasteiger partial charge in [-0.2, -0.15) is 0 Å². The third-order valence-corrected chi connectivity index (χ3v) is 1.56. The first-order valence-corrected chi connectivity index (χ1v) is 3.85. The second-order valence-electron chi connectivity index (χ2n) is 2.58. The first kappa shape index (κ1) is 16.4. The van der Waals surface area contributed by atoms with Crippen LogP contribution in [0.1, 0.15) is 5.56 Å². The van der Waals surface area contributed by atoms with Crippen molar-refractivity contribution in [3.8, 4) is 5.75 Å². The molecule has 6 heteroatoms. The van der Waals surface area contributed by atoms with Crippen LogP contribution < -0.4 is 15.5 Å². The molecule has 0 amide bonds. The van der Waals surface area contributed by atoms with Gasteiger partial charge in [-0.3, -0.25) is 0 Å². The zero-order chi connectivity index (χ0) is 9.68. The second kappa shape index (κ2) is 8.26. The van der Waals surface area contributed by atoms with Crippen LogP contribution in [0.25, 0.3) is 0 Å². The molecule has 0 aliphatic rings. The molecule has 1 aromatic carbocycles. The van der Waals surface area contributed by atoms with Gasteiger partial charge in [-0.05, 0) is 5.56 Å². The minimum absolute atomic E-state index is 0. The van der Waals surface area contributed by atoms with Crippen LogP contribution in [-0.2, 0) is 28.4 Å². The Hall–Kier alpha value is -1.07. The Balaban J connectivity index is 0. The molecule has 0 atom stereocenters. The summed E-state index contributed by atoms with van der Waals surface area (Å²) in [7, 11) is 0. The molecule has 5 nitrogen and oxygen atoms in total. The van der Waals surface area contributed by atoms with E-state index in [0.717, 1.165) is 0 Å². The Bertz CT molecular complexity index is 306. The zero-order valence-corrected chi connectivity index (χ0v) is 8.69. The number of carbonyl (C=O) groups excluding carboxylic acids is 1. The number of carboxylic acids is 1. The number of carboxylic acid groups (broad SMARTS) is 1. The van der Waals surface area contributed by atoms with Crippen molar-refractivity contribution in [1.82, 2.24) is 5.32 Å². The van der Waals surface area contributed by atoms with Gasteiger partial charge in [0.25, 0.3) is 0 Å². The molecule has 0 fully saturated rings. The maximum atomic E-state index is 11.1. The maximum Gasteiger partial charge on any atom is 2.00 e. The van der Waals surface area contributed by atoms with E-state index in [9.17, 15) is 15.0 Å². The smallest absolute Gasteiger partial charge is 0.872 e. The minimum atomic E-state index is -1.18. The Morgan fingerprint density at radius 2 is 1.93 bits per heavy atom. The third kappa shape index (κ3) is 6.09. The number of hydrogen-bond donors (Lipinski definition) is 1. The number of benzene rings is 1. The molecule has 1 radical (unpaired) electrons. The van der Waals surface area contributed by atoms with E-state index in [-0.39, 0.29) is 41.4 Å². The van der Waals surface area contributed by atoms with Gasteiger partial charge in [0.2, 0.25) is 0 Å². The molecule has 3 N–H and O–H groups in total. The summed E-state index contributed by atoms with van der Waals surface area (Å²) in [4.78, 5) is 10.0. The molecule has 0 saturated carbocycles. The van der Waals surface area contributed by atoms with Gasteiger partial charge in [-0.1, -0.05) is 24.3 Å². The van der Waals surface area contributed by atoms with Crippen LogP contribution in [0.2, 0.25) is 0 Å². The standard InChI is InChI=1S/C9H11NO3.Cu.H2O/c11-8-4-2-1-3-7(8)5-10-6-9(12)13;;/h1-4,10-11H,5-6H2,(H,12,13);;1H2/q;+2;/p-2. The van der Waals surface area contributed by atoms with Crippen molar-refractivity contribution >= 4 is 5.97 Å². The van der Waals surface area contributed by atoms with Gasteiger partial charge in [0.05, 0.1) is 5.97 Å². The Morgan fingerprint density at radius 1 is 1.33 bits per heavy atom. The second-order valence-corrected chi connectivity index (χ2v) is 2.58. The molecular formula is C9H11CuNO4. The summed E-state index contributed by atoms with van der Waals surface area (Å²) in [5.74, 6) is -1.27. The molecule has 0 heterocycles. The molecule has 1 rings (SSSR count). The SMILES string of the molecule is O.O=C([O-])CNCc1ccccc1[O-].[Cu+2]. The molecule has 87 valence electrons. The fraction of sp³-hybridized carbons (Fsp3) is 0.222. The molecule has 0 aliphatic carbocycles. The monoisotopic (exact) mass is 260 g/mol. The molecule has 0 bridgehead atoms. The molecule has 0 unspecified atom stereocenters. The fourth-order valence-electron chi connectivity index (χ4n) is 0.949. The number of hydrogen-bond acceptors (Lipinski definition) is 4. The van der Waals surface area contributed by atoms with E-state index < -0.39 is 5.97 Å². The Kier molecular flexibility index (Phi) is 9.01. The molecule has 0 aliphatic heterocycles. The molecular weight excluding hydrogens is 250 g/mol. The van der Waals surface area contributed by atoms with Crippen molar-refractivity contribution in [2.75, 3.05) is 6.54 Å². The quantitative estimate of drug-likeness (QED) is 0.619. The van der Waals surface area contributed by atoms with Gasteiger partial charge < -0.3 is 25.8 Å². The third-order valence-electron chi connectivity index (χ3n) is 1.56. The Labute approximate surface area is 97.9 Å². The van der Waals surface area contributed by atoms with E-state index in [2.05, 4.69) is 5.32 Å².